The summed E-state index contributed by atoms with van der Waals surface area (Å²) in [5.74, 6) is -1.56. The maximum absolute atomic E-state index is 13.9. The Hall–Kier alpha value is -1.82. The van der Waals surface area contributed by atoms with Gasteiger partial charge in [-0.25, -0.2) is 8.78 Å². The van der Waals surface area contributed by atoms with Gasteiger partial charge in [-0.1, -0.05) is 6.07 Å². The molecule has 0 amide bonds. The van der Waals surface area contributed by atoms with Crippen molar-refractivity contribution < 1.29 is 13.6 Å². The Labute approximate surface area is 113 Å². The topological polar surface area (TPSA) is 42.0 Å². The van der Waals surface area contributed by atoms with E-state index >= 15 is 0 Å². The van der Waals surface area contributed by atoms with Crippen LogP contribution < -0.4 is 5.32 Å². The number of anilines is 2. The molecule has 0 saturated heterocycles. The van der Waals surface area contributed by atoms with Gasteiger partial charge in [0.05, 0.1) is 11.3 Å². The molecule has 0 bridgehead atoms. The normalized spacial score (nSPS) is 10.6. The molecule has 0 radical (unpaired) electrons. The number of hydrogen-bond acceptors (Lipinski definition) is 4. The molecule has 0 aliphatic carbocycles. The second-order valence-corrected chi connectivity index (χ2v) is 4.98. The van der Waals surface area contributed by atoms with Crippen molar-refractivity contribution >= 4 is 28.0 Å². The van der Waals surface area contributed by atoms with Crippen molar-refractivity contribution in [2.24, 2.45) is 0 Å². The third-order valence-electron chi connectivity index (χ3n) is 2.74. The van der Waals surface area contributed by atoms with Crippen LogP contribution in [0.4, 0.5) is 19.5 Å². The van der Waals surface area contributed by atoms with Crippen LogP contribution in [0.3, 0.4) is 0 Å². The summed E-state index contributed by atoms with van der Waals surface area (Å²) >= 11 is 1.01. The van der Waals surface area contributed by atoms with E-state index in [1.54, 1.807) is 13.8 Å². The minimum Gasteiger partial charge on any atom is -0.341 e. The molecule has 2 aromatic rings. The van der Waals surface area contributed by atoms with Gasteiger partial charge in [-0.15, -0.1) is 0 Å². The van der Waals surface area contributed by atoms with E-state index in [0.717, 1.165) is 11.5 Å². The van der Waals surface area contributed by atoms with E-state index in [9.17, 15) is 13.6 Å². The van der Waals surface area contributed by atoms with Gasteiger partial charge in [0, 0.05) is 0 Å². The van der Waals surface area contributed by atoms with E-state index in [2.05, 4.69) is 9.69 Å². The second kappa shape index (κ2) is 5.05. The first kappa shape index (κ1) is 13.6. The molecule has 6 heteroatoms. The number of halogens is 2. The smallest absolute Gasteiger partial charge is 0.164 e. The first-order valence-electron chi connectivity index (χ1n) is 5.60. The summed E-state index contributed by atoms with van der Waals surface area (Å²) in [5.41, 5.74) is 0.986. The first-order chi connectivity index (χ1) is 8.91. The van der Waals surface area contributed by atoms with E-state index in [1.165, 1.54) is 19.1 Å². The summed E-state index contributed by atoms with van der Waals surface area (Å²) < 4.78 is 31.6. The highest BCUT2D eigenvalue weighted by molar-refractivity contribution is 7.10. The Kier molecular flexibility index (Phi) is 3.61. The van der Waals surface area contributed by atoms with Gasteiger partial charge in [-0.05, 0) is 43.9 Å². The number of rotatable bonds is 3. The molecule has 0 atom stereocenters. The fourth-order valence-electron chi connectivity index (χ4n) is 1.75. The van der Waals surface area contributed by atoms with Gasteiger partial charge in [0.25, 0.3) is 0 Å². The van der Waals surface area contributed by atoms with E-state index in [-0.39, 0.29) is 11.5 Å². The zero-order valence-corrected chi connectivity index (χ0v) is 11.5. The molecule has 100 valence electrons. The zero-order valence-electron chi connectivity index (χ0n) is 10.7. The highest BCUT2D eigenvalue weighted by Gasteiger charge is 2.18. The Morgan fingerprint density at radius 3 is 2.63 bits per heavy atom. The van der Waals surface area contributed by atoms with Crippen LogP contribution in [-0.4, -0.2) is 10.2 Å². The first-order valence-corrected chi connectivity index (χ1v) is 6.38. The number of nitrogens with one attached hydrogen (secondary N) is 1. The maximum Gasteiger partial charge on any atom is 0.164 e. The van der Waals surface area contributed by atoms with Crippen molar-refractivity contribution in [1.29, 1.82) is 0 Å². The summed E-state index contributed by atoms with van der Waals surface area (Å²) in [6.07, 6.45) is 0. The van der Waals surface area contributed by atoms with Crippen LogP contribution in [0.1, 0.15) is 28.5 Å². The molecule has 2 rings (SSSR count). The van der Waals surface area contributed by atoms with Gasteiger partial charge in [0.2, 0.25) is 0 Å². The number of hydrogen-bond donors (Lipinski definition) is 1. The molecule has 19 heavy (non-hydrogen) atoms. The fraction of sp³-hybridized carbons (Fsp3) is 0.231. The largest absolute Gasteiger partial charge is 0.341 e. The number of benzene rings is 1. The van der Waals surface area contributed by atoms with E-state index < -0.39 is 11.6 Å². The molecule has 3 nitrogen and oxygen atoms in total. The van der Waals surface area contributed by atoms with Crippen LogP contribution in [-0.2, 0) is 0 Å². The number of Topliss-reactive ketones (excluding diaryl/α,β-unsaturated/α-hetero) is 1. The van der Waals surface area contributed by atoms with Crippen LogP contribution in [0.2, 0.25) is 0 Å². The lowest BCUT2D eigenvalue weighted by molar-refractivity contribution is 0.101. The molecule has 0 saturated carbocycles. The summed E-state index contributed by atoms with van der Waals surface area (Å²) in [5, 5.41) is 2.99. The fourth-order valence-corrected chi connectivity index (χ4v) is 2.60. The van der Waals surface area contributed by atoms with Crippen LogP contribution in [0.15, 0.2) is 12.1 Å². The van der Waals surface area contributed by atoms with Gasteiger partial charge in [0.1, 0.15) is 16.5 Å². The van der Waals surface area contributed by atoms with Crippen LogP contribution in [0.25, 0.3) is 0 Å². The summed E-state index contributed by atoms with van der Waals surface area (Å²) in [4.78, 5) is 11.5. The minimum absolute atomic E-state index is 0.192. The summed E-state index contributed by atoms with van der Waals surface area (Å²) in [6.45, 7) is 4.62. The zero-order chi connectivity index (χ0) is 14.2. The van der Waals surface area contributed by atoms with Crippen LogP contribution in [0.5, 0.6) is 0 Å². The van der Waals surface area contributed by atoms with Gasteiger partial charge < -0.3 is 5.32 Å². The SMILES string of the molecule is CC(=O)c1c(C)nsc1Nc1c(F)ccc(C)c1F. The average Bonchev–Trinajstić information content (AvgIpc) is 2.71. The second-order valence-electron chi connectivity index (χ2n) is 4.21. The summed E-state index contributed by atoms with van der Waals surface area (Å²) in [6, 6.07) is 2.54. The number of carbonyl (C=O) groups excluding carboxylic acids is 1. The lowest BCUT2D eigenvalue weighted by Gasteiger charge is -2.09. The summed E-state index contributed by atoms with van der Waals surface area (Å²) in [7, 11) is 0. The molecule has 0 aliphatic rings. The standard InChI is InChI=1S/C13H12F2N2OS/c1-6-4-5-9(14)12(11(6)15)16-13-10(8(3)18)7(2)17-19-13/h4-5,16H,1-3H3. The van der Waals surface area contributed by atoms with Crippen LogP contribution in [0, 0.1) is 25.5 Å². The predicted octanol–water partition coefficient (Wildman–Crippen LogP) is 3.98. The van der Waals surface area contributed by atoms with Crippen molar-refractivity contribution in [3.8, 4) is 0 Å². The Morgan fingerprint density at radius 1 is 1.32 bits per heavy atom. The number of ketones is 1. The molecular formula is C13H12F2N2OS. The molecule has 1 aromatic heterocycles. The van der Waals surface area contributed by atoms with Gasteiger partial charge in [-0.2, -0.15) is 4.37 Å². The van der Waals surface area contributed by atoms with E-state index in [4.69, 9.17) is 0 Å². The molecule has 1 N–H and O–H groups in total. The van der Waals surface area contributed by atoms with E-state index in [1.807, 2.05) is 0 Å². The quantitative estimate of drug-likeness (QED) is 0.866. The highest BCUT2D eigenvalue weighted by atomic mass is 32.1. The molecule has 1 aromatic carbocycles. The average molecular weight is 282 g/mol. The minimum atomic E-state index is -0.705. The Morgan fingerprint density at radius 2 is 2.00 bits per heavy atom. The monoisotopic (exact) mass is 282 g/mol. The predicted molar refractivity (Wildman–Crippen MR) is 71.2 cm³/mol. The molecular weight excluding hydrogens is 270 g/mol. The number of aromatic nitrogens is 1. The van der Waals surface area contributed by atoms with Crippen LogP contribution >= 0.6 is 11.5 Å². The molecule has 0 spiro atoms. The maximum atomic E-state index is 13.9. The molecule has 0 fully saturated rings. The van der Waals surface area contributed by atoms with Crippen molar-refractivity contribution in [2.75, 3.05) is 5.32 Å². The number of aryl methyl sites for hydroxylation is 2. The third-order valence-corrected chi connectivity index (χ3v) is 3.59. The highest BCUT2D eigenvalue weighted by Crippen LogP contribution is 2.31. The Balaban J connectivity index is 2.48. The third kappa shape index (κ3) is 2.49. The van der Waals surface area contributed by atoms with Gasteiger partial charge in [0.15, 0.2) is 11.6 Å². The van der Waals surface area contributed by atoms with Crippen molar-refractivity contribution in [1.82, 2.24) is 4.37 Å². The van der Waals surface area contributed by atoms with Crippen molar-refractivity contribution in [3.05, 3.63) is 40.6 Å². The lowest BCUT2D eigenvalue weighted by Crippen LogP contribution is -2.02. The van der Waals surface area contributed by atoms with E-state index in [0.29, 0.717) is 21.8 Å². The Bertz CT molecular complexity index is 652. The number of carbonyl (C=O) groups is 1. The van der Waals surface area contributed by atoms with Crippen molar-refractivity contribution in [2.45, 2.75) is 20.8 Å². The number of nitrogens with zero attached hydrogens (tertiary/aromatic N) is 1. The van der Waals surface area contributed by atoms with Gasteiger partial charge in [-0.3, -0.25) is 4.79 Å². The molecule has 0 aliphatic heterocycles. The molecule has 0 unspecified atom stereocenters. The van der Waals surface area contributed by atoms with Crippen molar-refractivity contribution in [3.63, 3.8) is 0 Å². The van der Waals surface area contributed by atoms with Gasteiger partial charge >= 0.3 is 0 Å². The lowest BCUT2D eigenvalue weighted by atomic mass is 10.1. The molecule has 1 heterocycles.